The van der Waals surface area contributed by atoms with Gasteiger partial charge in [-0.1, -0.05) is 59.7 Å². The SMILES string of the molecule is CN(C)c1ccccc1-c1cc(C(C)(C)C)c(O)c(C(C)(C)C)c1. The summed E-state index contributed by atoms with van der Waals surface area (Å²) in [7, 11) is 4.13. The molecule has 0 aliphatic carbocycles. The van der Waals surface area contributed by atoms with E-state index in [1.807, 2.05) is 0 Å². The molecule has 24 heavy (non-hydrogen) atoms. The van der Waals surface area contributed by atoms with E-state index in [4.69, 9.17) is 0 Å². The van der Waals surface area contributed by atoms with Crippen molar-refractivity contribution in [2.24, 2.45) is 0 Å². The maximum absolute atomic E-state index is 10.9. The molecule has 0 spiro atoms. The first-order chi connectivity index (χ1) is 10.9. The van der Waals surface area contributed by atoms with Gasteiger partial charge >= 0.3 is 0 Å². The monoisotopic (exact) mass is 325 g/mol. The van der Waals surface area contributed by atoms with Gasteiger partial charge in [0.15, 0.2) is 0 Å². The van der Waals surface area contributed by atoms with Crippen molar-refractivity contribution in [2.75, 3.05) is 19.0 Å². The Labute approximate surface area is 147 Å². The number of phenols is 1. The van der Waals surface area contributed by atoms with Crippen molar-refractivity contribution in [1.82, 2.24) is 0 Å². The third-order valence-electron chi connectivity index (χ3n) is 4.42. The van der Waals surface area contributed by atoms with E-state index < -0.39 is 0 Å². The van der Waals surface area contributed by atoms with E-state index in [0.717, 1.165) is 16.7 Å². The predicted octanol–water partition coefficient (Wildman–Crippen LogP) is 5.72. The minimum absolute atomic E-state index is 0.118. The minimum atomic E-state index is -0.118. The van der Waals surface area contributed by atoms with Gasteiger partial charge in [0, 0.05) is 36.5 Å². The molecule has 0 heterocycles. The second kappa shape index (κ2) is 6.16. The normalized spacial score (nSPS) is 12.3. The Morgan fingerprint density at radius 3 is 1.67 bits per heavy atom. The fourth-order valence-electron chi connectivity index (χ4n) is 3.04. The first-order valence-corrected chi connectivity index (χ1v) is 8.57. The molecule has 2 aromatic carbocycles. The van der Waals surface area contributed by atoms with Crippen LogP contribution in [-0.4, -0.2) is 19.2 Å². The summed E-state index contributed by atoms with van der Waals surface area (Å²) in [5.41, 5.74) is 5.30. The molecule has 0 unspecified atom stereocenters. The van der Waals surface area contributed by atoms with Gasteiger partial charge in [0.1, 0.15) is 5.75 Å². The quantitative estimate of drug-likeness (QED) is 0.763. The Morgan fingerprint density at radius 1 is 0.792 bits per heavy atom. The summed E-state index contributed by atoms with van der Waals surface area (Å²) in [6.07, 6.45) is 0. The average Bonchev–Trinajstić information content (AvgIpc) is 2.45. The zero-order chi connectivity index (χ0) is 18.3. The fourth-order valence-corrected chi connectivity index (χ4v) is 3.04. The van der Waals surface area contributed by atoms with E-state index in [1.54, 1.807) is 0 Å². The van der Waals surface area contributed by atoms with Crippen LogP contribution in [0.2, 0.25) is 0 Å². The summed E-state index contributed by atoms with van der Waals surface area (Å²) in [5.74, 6) is 0.432. The molecule has 0 aliphatic heterocycles. The maximum atomic E-state index is 10.9. The third-order valence-corrected chi connectivity index (χ3v) is 4.42. The number of hydrogen-bond donors (Lipinski definition) is 1. The van der Waals surface area contributed by atoms with E-state index in [2.05, 4.69) is 96.9 Å². The van der Waals surface area contributed by atoms with Gasteiger partial charge in [-0.25, -0.2) is 0 Å². The number of anilines is 1. The number of aromatic hydroxyl groups is 1. The van der Waals surface area contributed by atoms with E-state index >= 15 is 0 Å². The van der Waals surface area contributed by atoms with Crippen LogP contribution in [0.15, 0.2) is 36.4 Å². The van der Waals surface area contributed by atoms with Gasteiger partial charge in [0.2, 0.25) is 0 Å². The molecule has 0 amide bonds. The van der Waals surface area contributed by atoms with Crippen LogP contribution < -0.4 is 4.90 Å². The maximum Gasteiger partial charge on any atom is 0.123 e. The van der Waals surface area contributed by atoms with Crippen LogP contribution in [0.25, 0.3) is 11.1 Å². The molecule has 0 fully saturated rings. The molecule has 1 N–H and O–H groups in total. The van der Waals surface area contributed by atoms with Crippen molar-refractivity contribution in [3.8, 4) is 16.9 Å². The van der Waals surface area contributed by atoms with Crippen molar-refractivity contribution < 1.29 is 5.11 Å². The molecule has 130 valence electrons. The van der Waals surface area contributed by atoms with E-state index in [9.17, 15) is 5.11 Å². The molecule has 2 aromatic rings. The highest BCUT2D eigenvalue weighted by atomic mass is 16.3. The van der Waals surface area contributed by atoms with Crippen molar-refractivity contribution >= 4 is 5.69 Å². The summed E-state index contributed by atoms with van der Waals surface area (Å²) < 4.78 is 0. The second-order valence-corrected chi connectivity index (χ2v) is 8.83. The lowest BCUT2D eigenvalue weighted by atomic mass is 9.77. The number of nitrogens with zero attached hydrogens (tertiary/aromatic N) is 1. The molecule has 0 aliphatic rings. The number of para-hydroxylation sites is 1. The van der Waals surface area contributed by atoms with Crippen LogP contribution in [0.1, 0.15) is 52.7 Å². The van der Waals surface area contributed by atoms with Gasteiger partial charge in [-0.2, -0.15) is 0 Å². The van der Waals surface area contributed by atoms with Crippen LogP contribution in [-0.2, 0) is 10.8 Å². The number of phenolic OH excluding ortho intramolecular Hbond substituents is 1. The van der Waals surface area contributed by atoms with E-state index in [0.29, 0.717) is 5.75 Å². The largest absolute Gasteiger partial charge is 0.507 e. The Hall–Kier alpha value is -1.96. The van der Waals surface area contributed by atoms with Gasteiger partial charge in [0.05, 0.1) is 0 Å². The van der Waals surface area contributed by atoms with Crippen LogP contribution >= 0.6 is 0 Å². The number of hydrogen-bond acceptors (Lipinski definition) is 2. The van der Waals surface area contributed by atoms with Gasteiger partial charge < -0.3 is 10.0 Å². The van der Waals surface area contributed by atoms with E-state index in [1.165, 1.54) is 11.3 Å². The van der Waals surface area contributed by atoms with Gasteiger partial charge in [-0.05, 0) is 34.6 Å². The van der Waals surface area contributed by atoms with Gasteiger partial charge in [-0.3, -0.25) is 0 Å². The van der Waals surface area contributed by atoms with Gasteiger partial charge in [0.25, 0.3) is 0 Å². The standard InChI is InChI=1S/C22H31NO/c1-21(2,3)17-13-15(14-18(20(17)24)22(4,5)6)16-11-9-10-12-19(16)23(7)8/h9-14,24H,1-8H3. The number of rotatable bonds is 2. The first kappa shape index (κ1) is 18.4. The van der Waals surface area contributed by atoms with E-state index in [-0.39, 0.29) is 10.8 Å². The Balaban J connectivity index is 2.82. The first-order valence-electron chi connectivity index (χ1n) is 8.57. The lowest BCUT2D eigenvalue weighted by molar-refractivity contribution is 0.423. The zero-order valence-electron chi connectivity index (χ0n) is 16.4. The second-order valence-electron chi connectivity index (χ2n) is 8.83. The summed E-state index contributed by atoms with van der Waals surface area (Å²) >= 11 is 0. The molecule has 0 saturated heterocycles. The smallest absolute Gasteiger partial charge is 0.123 e. The topological polar surface area (TPSA) is 23.5 Å². The number of benzene rings is 2. The summed E-state index contributed by atoms with van der Waals surface area (Å²) in [6.45, 7) is 12.9. The van der Waals surface area contributed by atoms with Gasteiger partial charge in [-0.15, -0.1) is 0 Å². The predicted molar refractivity (Wildman–Crippen MR) is 105 cm³/mol. The lowest BCUT2D eigenvalue weighted by Gasteiger charge is -2.29. The van der Waals surface area contributed by atoms with Crippen LogP contribution in [0.4, 0.5) is 5.69 Å². The third kappa shape index (κ3) is 3.58. The van der Waals surface area contributed by atoms with Crippen molar-refractivity contribution in [2.45, 2.75) is 52.4 Å². The molecule has 0 bridgehead atoms. The highest BCUT2D eigenvalue weighted by Gasteiger charge is 2.27. The molecule has 0 aromatic heterocycles. The Bertz CT molecular complexity index is 695. The molecule has 0 radical (unpaired) electrons. The Morgan fingerprint density at radius 2 is 1.25 bits per heavy atom. The highest BCUT2D eigenvalue weighted by molar-refractivity contribution is 5.80. The fraction of sp³-hybridized carbons (Fsp3) is 0.455. The molecule has 2 rings (SSSR count). The summed E-state index contributed by atoms with van der Waals surface area (Å²) in [5, 5.41) is 10.9. The molecular formula is C22H31NO. The van der Waals surface area contributed by atoms with Crippen LogP contribution in [0, 0.1) is 0 Å². The van der Waals surface area contributed by atoms with Crippen molar-refractivity contribution in [3.63, 3.8) is 0 Å². The average molecular weight is 325 g/mol. The van der Waals surface area contributed by atoms with Crippen molar-refractivity contribution in [1.29, 1.82) is 0 Å². The molecule has 0 atom stereocenters. The van der Waals surface area contributed by atoms with Crippen molar-refractivity contribution in [3.05, 3.63) is 47.5 Å². The minimum Gasteiger partial charge on any atom is -0.507 e. The highest BCUT2D eigenvalue weighted by Crippen LogP contribution is 2.43. The molecule has 2 nitrogen and oxygen atoms in total. The zero-order valence-corrected chi connectivity index (χ0v) is 16.4. The Kier molecular flexibility index (Phi) is 4.72. The summed E-state index contributed by atoms with van der Waals surface area (Å²) in [6, 6.07) is 12.7. The molecular weight excluding hydrogens is 294 g/mol. The lowest BCUT2D eigenvalue weighted by Crippen LogP contribution is -2.17. The van der Waals surface area contributed by atoms with Crippen LogP contribution in [0.5, 0.6) is 5.75 Å². The van der Waals surface area contributed by atoms with Crippen LogP contribution in [0.3, 0.4) is 0 Å². The molecule has 2 heteroatoms. The summed E-state index contributed by atoms with van der Waals surface area (Å²) in [4.78, 5) is 2.13. The molecule has 0 saturated carbocycles.